The van der Waals surface area contributed by atoms with E-state index in [1.165, 1.54) is 57.8 Å². The fourth-order valence-electron chi connectivity index (χ4n) is 3.57. The highest BCUT2D eigenvalue weighted by Gasteiger charge is 2.13. The second-order valence-electron chi connectivity index (χ2n) is 6.83. The van der Waals surface area contributed by atoms with E-state index in [-0.39, 0.29) is 10.2 Å². The number of hydrogen-bond acceptors (Lipinski definition) is 0. The summed E-state index contributed by atoms with van der Waals surface area (Å²) in [6, 6.07) is 5.03. The van der Waals surface area contributed by atoms with Crippen molar-refractivity contribution in [2.45, 2.75) is 115 Å². The van der Waals surface area contributed by atoms with Crippen LogP contribution in [0.3, 0.4) is 0 Å². The molecule has 0 aliphatic carbocycles. The van der Waals surface area contributed by atoms with Crippen molar-refractivity contribution < 1.29 is 1.43 Å². The Bertz CT molecular complexity index is 178. The van der Waals surface area contributed by atoms with Crippen LogP contribution < -0.4 is 0 Å². The highest BCUT2D eigenvalue weighted by molar-refractivity contribution is 6.58. The van der Waals surface area contributed by atoms with Gasteiger partial charge in [0.05, 0.1) is 0 Å². The maximum Gasteiger partial charge on any atom is 1.00 e. The van der Waals surface area contributed by atoms with Crippen LogP contribution in [0.5, 0.6) is 0 Å². The Morgan fingerprint density at radius 1 is 0.632 bits per heavy atom. The van der Waals surface area contributed by atoms with Crippen molar-refractivity contribution in [3.8, 4) is 0 Å². The summed E-state index contributed by atoms with van der Waals surface area (Å²) in [5.41, 5.74) is 0. The summed E-state index contributed by atoms with van der Waals surface area (Å²) in [6.07, 6.45) is 21.1. The SMILES string of the molecule is CCCCCCCCCCCCC[SiH]1CCCCC1.[H+]. The van der Waals surface area contributed by atoms with Gasteiger partial charge in [-0.15, -0.1) is 0 Å². The van der Waals surface area contributed by atoms with Crippen LogP contribution in [0.25, 0.3) is 0 Å². The van der Waals surface area contributed by atoms with Crippen LogP contribution in [0.1, 0.15) is 98.2 Å². The monoisotopic (exact) mass is 283 g/mol. The fourth-order valence-corrected chi connectivity index (χ4v) is 7.04. The average Bonchev–Trinajstić information content (AvgIpc) is 2.46. The van der Waals surface area contributed by atoms with Crippen LogP contribution in [0.4, 0.5) is 0 Å². The van der Waals surface area contributed by atoms with E-state index < -0.39 is 0 Å². The summed E-state index contributed by atoms with van der Waals surface area (Å²) in [5.74, 6) is 0. The van der Waals surface area contributed by atoms with E-state index in [1.807, 2.05) is 0 Å². The Hall–Kier alpha value is 0.217. The van der Waals surface area contributed by atoms with E-state index in [0.29, 0.717) is 0 Å². The molecule has 0 aromatic rings. The van der Waals surface area contributed by atoms with Gasteiger partial charge in [-0.25, -0.2) is 0 Å². The van der Waals surface area contributed by atoms with E-state index in [1.54, 1.807) is 50.2 Å². The zero-order valence-electron chi connectivity index (χ0n) is 14.6. The molecule has 0 bridgehead atoms. The molecule has 1 saturated heterocycles. The van der Waals surface area contributed by atoms with Crippen molar-refractivity contribution in [2.75, 3.05) is 0 Å². The van der Waals surface area contributed by atoms with E-state index in [0.717, 1.165) is 0 Å². The van der Waals surface area contributed by atoms with E-state index in [4.69, 9.17) is 0 Å². The molecule has 0 aromatic carbocycles. The number of unbranched alkanes of at least 4 members (excludes halogenated alkanes) is 10. The lowest BCUT2D eigenvalue weighted by Gasteiger charge is -2.19. The summed E-state index contributed by atoms with van der Waals surface area (Å²) >= 11 is 0. The molecule has 19 heavy (non-hydrogen) atoms. The maximum absolute atomic E-state index is 2.30. The molecule has 0 amide bonds. The molecule has 0 atom stereocenters. The Balaban J connectivity index is 0.00000361. The lowest BCUT2D eigenvalue weighted by Crippen LogP contribution is -2.15. The molecule has 0 unspecified atom stereocenters. The molecule has 1 fully saturated rings. The second kappa shape index (κ2) is 13.2. The third-order valence-corrected chi connectivity index (χ3v) is 8.61. The van der Waals surface area contributed by atoms with Gasteiger partial charge in [0.1, 0.15) is 0 Å². The first-order valence-corrected chi connectivity index (χ1v) is 11.9. The van der Waals surface area contributed by atoms with Crippen LogP contribution in [0, 0.1) is 0 Å². The number of hydrogen-bond donors (Lipinski definition) is 0. The molecule has 0 N–H and O–H groups in total. The zero-order chi connectivity index (χ0) is 13.6. The topological polar surface area (TPSA) is 0 Å². The first kappa shape index (κ1) is 17.3. The standard InChI is InChI=1S/C18H38Si/c1-2-3-4-5-6-7-8-9-10-11-13-16-19-17-14-12-15-18-19/h19H,2-18H2,1H3/p+1. The maximum atomic E-state index is 2.30. The van der Waals surface area contributed by atoms with Gasteiger partial charge in [0.25, 0.3) is 0 Å². The van der Waals surface area contributed by atoms with E-state index >= 15 is 0 Å². The smallest absolute Gasteiger partial charge is 0.0654 e. The lowest BCUT2D eigenvalue weighted by molar-refractivity contribution is 0.553. The van der Waals surface area contributed by atoms with Gasteiger partial charge in [-0.1, -0.05) is 115 Å². The highest BCUT2D eigenvalue weighted by Crippen LogP contribution is 2.23. The zero-order valence-corrected chi connectivity index (χ0v) is 14.8. The van der Waals surface area contributed by atoms with Gasteiger partial charge in [0.2, 0.25) is 0 Å². The minimum atomic E-state index is -0.208. The molecule has 1 heterocycles. The normalized spacial score (nSPS) is 16.9. The van der Waals surface area contributed by atoms with Crippen LogP contribution in [0.2, 0.25) is 18.1 Å². The molecule has 1 aliphatic rings. The van der Waals surface area contributed by atoms with Crippen molar-refractivity contribution >= 4 is 8.80 Å². The van der Waals surface area contributed by atoms with Gasteiger partial charge in [0.15, 0.2) is 0 Å². The summed E-state index contributed by atoms with van der Waals surface area (Å²) < 4.78 is 0. The van der Waals surface area contributed by atoms with Gasteiger partial charge in [0, 0.05) is 8.80 Å². The lowest BCUT2D eigenvalue weighted by atomic mass is 10.1. The molecule has 0 nitrogen and oxygen atoms in total. The predicted octanol–water partition coefficient (Wildman–Crippen LogP) is 6.82. The van der Waals surface area contributed by atoms with Gasteiger partial charge in [-0.2, -0.15) is 0 Å². The highest BCUT2D eigenvalue weighted by atomic mass is 28.3. The van der Waals surface area contributed by atoms with Gasteiger partial charge in [-0.3, -0.25) is 0 Å². The molecular weight excluding hydrogens is 244 g/mol. The van der Waals surface area contributed by atoms with Gasteiger partial charge >= 0.3 is 1.43 Å². The first-order chi connectivity index (χ1) is 9.43. The van der Waals surface area contributed by atoms with Crippen LogP contribution in [-0.4, -0.2) is 8.80 Å². The van der Waals surface area contributed by atoms with E-state index in [2.05, 4.69) is 6.92 Å². The summed E-state index contributed by atoms with van der Waals surface area (Å²) in [4.78, 5) is 0. The Labute approximate surface area is 125 Å². The third-order valence-electron chi connectivity index (χ3n) is 4.94. The quantitative estimate of drug-likeness (QED) is 0.272. The minimum absolute atomic E-state index is 0. The Morgan fingerprint density at radius 3 is 1.63 bits per heavy atom. The van der Waals surface area contributed by atoms with Crippen molar-refractivity contribution in [2.24, 2.45) is 0 Å². The van der Waals surface area contributed by atoms with Crippen LogP contribution in [-0.2, 0) is 0 Å². The van der Waals surface area contributed by atoms with Crippen molar-refractivity contribution in [3.05, 3.63) is 0 Å². The summed E-state index contributed by atoms with van der Waals surface area (Å²) in [7, 11) is -0.208. The third kappa shape index (κ3) is 10.6. The largest absolute Gasteiger partial charge is 1.00 e. The van der Waals surface area contributed by atoms with Crippen molar-refractivity contribution in [3.63, 3.8) is 0 Å². The molecule has 0 radical (unpaired) electrons. The van der Waals surface area contributed by atoms with Gasteiger partial charge in [-0.05, 0) is 0 Å². The van der Waals surface area contributed by atoms with E-state index in [9.17, 15) is 0 Å². The van der Waals surface area contributed by atoms with Crippen molar-refractivity contribution in [1.29, 1.82) is 0 Å². The van der Waals surface area contributed by atoms with Crippen LogP contribution in [0.15, 0.2) is 0 Å². The fraction of sp³-hybridized carbons (Fsp3) is 1.00. The molecule has 1 aliphatic heterocycles. The molecule has 1 rings (SSSR count). The summed E-state index contributed by atoms with van der Waals surface area (Å²) in [5, 5.41) is 0. The molecule has 0 saturated carbocycles. The van der Waals surface area contributed by atoms with Crippen molar-refractivity contribution in [1.82, 2.24) is 0 Å². The first-order valence-electron chi connectivity index (χ1n) is 9.43. The number of rotatable bonds is 12. The minimum Gasteiger partial charge on any atom is -0.0654 e. The molecule has 0 spiro atoms. The Morgan fingerprint density at radius 2 is 1.11 bits per heavy atom. The molecule has 114 valence electrons. The Kier molecular flexibility index (Phi) is 12.0. The van der Waals surface area contributed by atoms with Gasteiger partial charge < -0.3 is 0 Å². The summed E-state index contributed by atoms with van der Waals surface area (Å²) in [6.45, 7) is 2.30. The average molecular weight is 284 g/mol. The molecule has 1 heteroatoms. The predicted molar refractivity (Wildman–Crippen MR) is 93.0 cm³/mol. The second-order valence-corrected chi connectivity index (χ2v) is 10.3. The molecular formula is C18H39Si+. The molecule has 0 aromatic heterocycles. The van der Waals surface area contributed by atoms with Crippen LogP contribution >= 0.6 is 0 Å².